The molecule has 1 atom stereocenters. The van der Waals surface area contributed by atoms with Crippen LogP contribution in [0, 0.1) is 6.92 Å². The van der Waals surface area contributed by atoms with Crippen molar-refractivity contribution in [2.75, 3.05) is 7.11 Å². The van der Waals surface area contributed by atoms with Crippen LogP contribution in [0.5, 0.6) is 5.75 Å². The Balaban J connectivity index is 2.37. The molecule has 2 nitrogen and oxygen atoms in total. The third-order valence-corrected chi connectivity index (χ3v) is 5.33. The lowest BCUT2D eigenvalue weighted by Gasteiger charge is -2.13. The van der Waals surface area contributed by atoms with Crippen LogP contribution in [0.3, 0.4) is 0 Å². The zero-order valence-corrected chi connectivity index (χ0v) is 14.0. The highest BCUT2D eigenvalue weighted by atomic mass is 79.9. The number of ether oxygens (including phenoxy) is 1. The summed E-state index contributed by atoms with van der Waals surface area (Å²) in [5, 5.41) is 0. The maximum Gasteiger partial charge on any atom is 0.133 e. The molecule has 0 saturated carbocycles. The summed E-state index contributed by atoms with van der Waals surface area (Å²) < 4.78 is 7.21. The molecule has 1 aromatic heterocycles. The summed E-state index contributed by atoms with van der Waals surface area (Å²) in [6.45, 7) is 2.08. The number of hydrogen-bond acceptors (Lipinski definition) is 3. The molecule has 2 rings (SSSR count). The molecule has 2 aromatic rings. The molecule has 1 unspecified atom stereocenters. The van der Waals surface area contributed by atoms with Crippen molar-refractivity contribution in [3.63, 3.8) is 0 Å². The quantitative estimate of drug-likeness (QED) is 0.828. The van der Waals surface area contributed by atoms with Crippen molar-refractivity contribution < 1.29 is 4.74 Å². The average Bonchev–Trinajstić information content (AvgIpc) is 2.67. The van der Waals surface area contributed by atoms with Crippen LogP contribution < -0.4 is 10.5 Å². The molecule has 0 aliphatic carbocycles. The number of hydrogen-bond donors (Lipinski definition) is 1. The van der Waals surface area contributed by atoms with E-state index in [-0.39, 0.29) is 6.04 Å². The first-order chi connectivity index (χ1) is 8.52. The summed E-state index contributed by atoms with van der Waals surface area (Å²) in [5.74, 6) is 0.812. The summed E-state index contributed by atoms with van der Waals surface area (Å²) in [6.07, 6.45) is 0. The van der Waals surface area contributed by atoms with Gasteiger partial charge in [-0.1, -0.05) is 6.07 Å². The molecule has 2 N–H and O–H groups in total. The van der Waals surface area contributed by atoms with Gasteiger partial charge >= 0.3 is 0 Å². The van der Waals surface area contributed by atoms with E-state index in [0.29, 0.717) is 0 Å². The van der Waals surface area contributed by atoms with Gasteiger partial charge in [-0.05, 0) is 62.5 Å². The van der Waals surface area contributed by atoms with Crippen LogP contribution in [0.2, 0.25) is 0 Å². The van der Waals surface area contributed by atoms with Gasteiger partial charge in [0.1, 0.15) is 5.75 Å². The van der Waals surface area contributed by atoms with E-state index in [1.54, 1.807) is 18.4 Å². The lowest BCUT2D eigenvalue weighted by Crippen LogP contribution is -2.10. The number of halogens is 2. The normalized spacial score (nSPS) is 12.5. The van der Waals surface area contributed by atoms with E-state index in [0.717, 1.165) is 25.1 Å². The third-order valence-electron chi connectivity index (χ3n) is 2.65. The minimum absolute atomic E-state index is 0.125. The highest BCUT2D eigenvalue weighted by molar-refractivity contribution is 9.10. The van der Waals surface area contributed by atoms with Crippen molar-refractivity contribution >= 4 is 43.2 Å². The largest absolute Gasteiger partial charge is 0.496 e. The fourth-order valence-electron chi connectivity index (χ4n) is 1.74. The van der Waals surface area contributed by atoms with Crippen LogP contribution >= 0.6 is 43.2 Å². The number of methoxy groups -OCH3 is 1. The van der Waals surface area contributed by atoms with Crippen LogP contribution in [0.1, 0.15) is 21.4 Å². The van der Waals surface area contributed by atoms with Crippen LogP contribution in [0.15, 0.2) is 33.2 Å². The van der Waals surface area contributed by atoms with Gasteiger partial charge in [0, 0.05) is 14.2 Å². The number of benzene rings is 1. The molecule has 0 radical (unpaired) electrons. The Morgan fingerprint density at radius 1 is 1.22 bits per heavy atom. The smallest absolute Gasteiger partial charge is 0.133 e. The molecule has 5 heteroatoms. The highest BCUT2D eigenvalue weighted by Gasteiger charge is 2.16. The third kappa shape index (κ3) is 2.79. The second-order valence-electron chi connectivity index (χ2n) is 3.94. The monoisotopic (exact) mass is 389 g/mol. The summed E-state index contributed by atoms with van der Waals surface area (Å²) in [4.78, 5) is 2.39. The van der Waals surface area contributed by atoms with Crippen LogP contribution in [0.25, 0.3) is 0 Å². The predicted octanol–water partition coefficient (Wildman–Crippen LogP) is 4.64. The summed E-state index contributed by atoms with van der Waals surface area (Å²) in [7, 11) is 1.65. The van der Waals surface area contributed by atoms with Gasteiger partial charge in [-0.25, -0.2) is 0 Å². The van der Waals surface area contributed by atoms with Crippen molar-refractivity contribution in [1.29, 1.82) is 0 Å². The van der Waals surface area contributed by atoms with Crippen molar-refractivity contribution in [1.82, 2.24) is 0 Å². The second-order valence-corrected chi connectivity index (χ2v) is 6.94. The van der Waals surface area contributed by atoms with E-state index in [1.807, 2.05) is 18.2 Å². The SMILES string of the molecule is COc1ccc(C(N)c2sc(C)cc2Br)cc1Br. The summed E-state index contributed by atoms with van der Waals surface area (Å²) >= 11 is 8.75. The van der Waals surface area contributed by atoms with E-state index >= 15 is 0 Å². The van der Waals surface area contributed by atoms with E-state index in [1.165, 1.54) is 4.88 Å². The van der Waals surface area contributed by atoms with Gasteiger partial charge in [0.25, 0.3) is 0 Å². The van der Waals surface area contributed by atoms with Crippen molar-refractivity contribution in [2.24, 2.45) is 5.73 Å². The molecule has 0 spiro atoms. The molecule has 0 saturated heterocycles. The molecular formula is C13H13Br2NOS. The molecule has 1 aromatic carbocycles. The maximum atomic E-state index is 6.31. The molecule has 18 heavy (non-hydrogen) atoms. The van der Waals surface area contributed by atoms with Crippen molar-refractivity contribution in [3.8, 4) is 5.75 Å². The van der Waals surface area contributed by atoms with Crippen molar-refractivity contribution in [3.05, 3.63) is 48.5 Å². The van der Waals surface area contributed by atoms with Gasteiger partial charge in [0.2, 0.25) is 0 Å². The Kier molecular flexibility index (Phi) is 4.48. The minimum atomic E-state index is -0.125. The fourth-order valence-corrected chi connectivity index (χ4v) is 4.23. The molecule has 1 heterocycles. The van der Waals surface area contributed by atoms with E-state index in [9.17, 15) is 0 Å². The van der Waals surface area contributed by atoms with Crippen LogP contribution in [-0.2, 0) is 0 Å². The zero-order chi connectivity index (χ0) is 13.3. The number of rotatable bonds is 3. The predicted molar refractivity (Wildman–Crippen MR) is 83.5 cm³/mol. The number of nitrogens with two attached hydrogens (primary N) is 1. The maximum absolute atomic E-state index is 6.31. The standard InChI is InChI=1S/C13H13Br2NOS/c1-7-5-10(15)13(18-7)12(16)8-3-4-11(17-2)9(14)6-8/h3-6,12H,16H2,1-2H3. The van der Waals surface area contributed by atoms with Crippen LogP contribution in [-0.4, -0.2) is 7.11 Å². The Morgan fingerprint density at radius 2 is 1.94 bits per heavy atom. The van der Waals surface area contributed by atoms with Gasteiger partial charge in [-0.15, -0.1) is 11.3 Å². The molecule has 0 aliphatic heterocycles. The Morgan fingerprint density at radius 3 is 2.44 bits per heavy atom. The van der Waals surface area contributed by atoms with E-state index in [2.05, 4.69) is 44.8 Å². The summed E-state index contributed by atoms with van der Waals surface area (Å²) in [6, 6.07) is 7.90. The lowest BCUT2D eigenvalue weighted by molar-refractivity contribution is 0.412. The molecule has 96 valence electrons. The van der Waals surface area contributed by atoms with Gasteiger partial charge in [-0.3, -0.25) is 0 Å². The first-order valence-corrected chi connectivity index (χ1v) is 7.78. The van der Waals surface area contributed by atoms with Gasteiger partial charge in [-0.2, -0.15) is 0 Å². The average molecular weight is 391 g/mol. The topological polar surface area (TPSA) is 35.2 Å². The summed E-state index contributed by atoms with van der Waals surface area (Å²) in [5.41, 5.74) is 7.37. The minimum Gasteiger partial charge on any atom is -0.496 e. The highest BCUT2D eigenvalue weighted by Crippen LogP contribution is 2.36. The van der Waals surface area contributed by atoms with Gasteiger partial charge in [0.15, 0.2) is 0 Å². The Hall–Kier alpha value is -0.360. The lowest BCUT2D eigenvalue weighted by atomic mass is 10.1. The van der Waals surface area contributed by atoms with Gasteiger partial charge < -0.3 is 10.5 Å². The van der Waals surface area contributed by atoms with Crippen LogP contribution in [0.4, 0.5) is 0 Å². The van der Waals surface area contributed by atoms with Gasteiger partial charge in [0.05, 0.1) is 17.6 Å². The molecule has 0 amide bonds. The Labute approximate surface area is 127 Å². The molecular weight excluding hydrogens is 378 g/mol. The first kappa shape index (κ1) is 14.1. The van der Waals surface area contributed by atoms with Crippen molar-refractivity contribution in [2.45, 2.75) is 13.0 Å². The van der Waals surface area contributed by atoms with E-state index < -0.39 is 0 Å². The number of aryl methyl sites for hydroxylation is 1. The molecule has 0 fully saturated rings. The number of thiophene rings is 1. The molecule has 0 aliphatic rings. The first-order valence-electron chi connectivity index (χ1n) is 5.37. The molecule has 0 bridgehead atoms. The zero-order valence-electron chi connectivity index (χ0n) is 10.0. The van der Waals surface area contributed by atoms with E-state index in [4.69, 9.17) is 10.5 Å². The Bertz CT molecular complexity index is 568. The second kappa shape index (κ2) is 5.74. The fraction of sp³-hybridized carbons (Fsp3) is 0.231.